The Kier molecular flexibility index (Phi) is 8.93. The summed E-state index contributed by atoms with van der Waals surface area (Å²) < 4.78 is 76.6. The van der Waals surface area contributed by atoms with E-state index in [1.165, 1.54) is 62.0 Å². The number of carbonyl (C=O) groups excluding carboxylic acids is 1. The number of alkyl halides is 3. The topological polar surface area (TPSA) is 107 Å². The second-order valence-corrected chi connectivity index (χ2v) is 12.2. The van der Waals surface area contributed by atoms with Gasteiger partial charge in [-0.3, -0.25) is 4.72 Å². The number of benzene rings is 2. The van der Waals surface area contributed by atoms with Crippen LogP contribution in [-0.4, -0.2) is 38.7 Å². The molecule has 2 aromatic carbocycles. The van der Waals surface area contributed by atoms with Crippen molar-refractivity contribution in [3.05, 3.63) is 53.2 Å². The number of aryl methyl sites for hydroxylation is 2. The molecule has 1 aliphatic rings. The highest BCUT2D eigenvalue weighted by Crippen LogP contribution is 2.38. The molecule has 4 rings (SSSR count). The Morgan fingerprint density at radius 3 is 2.50 bits per heavy atom. The quantitative estimate of drug-likeness (QED) is 0.268. The van der Waals surface area contributed by atoms with Crippen molar-refractivity contribution in [2.75, 3.05) is 17.1 Å². The molecule has 1 aliphatic carbocycles. The monoisotopic (exact) mass is 597 g/mol. The number of ether oxygens (including phenoxy) is 2. The third-order valence-electron chi connectivity index (χ3n) is 6.64. The third-order valence-corrected chi connectivity index (χ3v) is 9.18. The molecule has 8 nitrogen and oxygen atoms in total. The number of nitrogens with one attached hydrogen (secondary N) is 2. The Hall–Kier alpha value is -3.32. The molecule has 0 saturated heterocycles. The molecule has 1 saturated carbocycles. The highest BCUT2D eigenvalue weighted by molar-refractivity contribution is 7.92. The summed E-state index contributed by atoms with van der Waals surface area (Å²) in [5.74, 6) is -2.21. The minimum Gasteiger partial charge on any atom is -0.495 e. The number of methoxy groups -OCH3 is 1. The lowest BCUT2D eigenvalue weighted by Crippen LogP contribution is -2.25. The van der Waals surface area contributed by atoms with Crippen LogP contribution in [0.5, 0.6) is 5.75 Å². The van der Waals surface area contributed by atoms with E-state index in [1.54, 1.807) is 19.1 Å². The zero-order valence-electron chi connectivity index (χ0n) is 22.2. The van der Waals surface area contributed by atoms with Crippen molar-refractivity contribution in [2.24, 2.45) is 0 Å². The Morgan fingerprint density at radius 2 is 1.82 bits per heavy atom. The van der Waals surface area contributed by atoms with Crippen molar-refractivity contribution in [3.8, 4) is 16.2 Å². The molecule has 1 heterocycles. The van der Waals surface area contributed by atoms with Gasteiger partial charge >= 0.3 is 12.1 Å². The number of nitrogens with zero attached hydrogens (tertiary/aromatic N) is 1. The first-order valence-electron chi connectivity index (χ1n) is 12.7. The van der Waals surface area contributed by atoms with Crippen molar-refractivity contribution in [2.45, 2.75) is 69.7 Å². The number of hydrogen-bond donors (Lipinski definition) is 2. The number of halogens is 3. The SMILES string of the molecule is COc1ccc(-c2sc(NC3CCCCC3)nc2C)cc1S(=O)(=O)Nc1ccc(C)c(COC(=O)C(F)(F)F)c1. The lowest BCUT2D eigenvalue weighted by molar-refractivity contribution is -0.201. The molecule has 0 aliphatic heterocycles. The van der Waals surface area contributed by atoms with Gasteiger partial charge in [-0.15, -0.1) is 0 Å². The fourth-order valence-corrected chi connectivity index (χ4v) is 6.79. The molecule has 13 heteroatoms. The number of thiazole rings is 1. The van der Waals surface area contributed by atoms with E-state index in [0.717, 1.165) is 28.5 Å². The maximum absolute atomic E-state index is 13.5. The molecule has 0 unspecified atom stereocenters. The van der Waals surface area contributed by atoms with Crippen LogP contribution in [0.4, 0.5) is 24.0 Å². The van der Waals surface area contributed by atoms with Gasteiger partial charge in [0.2, 0.25) is 0 Å². The summed E-state index contributed by atoms with van der Waals surface area (Å²) in [5, 5.41) is 4.29. The van der Waals surface area contributed by atoms with Crippen LogP contribution in [0.1, 0.15) is 48.9 Å². The molecule has 2 N–H and O–H groups in total. The summed E-state index contributed by atoms with van der Waals surface area (Å²) >= 11 is 1.46. The van der Waals surface area contributed by atoms with Gasteiger partial charge in [-0.1, -0.05) is 36.7 Å². The van der Waals surface area contributed by atoms with Crippen LogP contribution in [0.25, 0.3) is 10.4 Å². The molecule has 1 aromatic heterocycles. The minimum absolute atomic E-state index is 0.0871. The molecule has 0 radical (unpaired) electrons. The van der Waals surface area contributed by atoms with Crippen LogP contribution in [0.15, 0.2) is 41.3 Å². The van der Waals surface area contributed by atoms with Crippen LogP contribution in [0.3, 0.4) is 0 Å². The van der Waals surface area contributed by atoms with Crippen molar-refractivity contribution in [1.82, 2.24) is 4.98 Å². The Labute approximate surface area is 235 Å². The van der Waals surface area contributed by atoms with Gasteiger partial charge in [-0.25, -0.2) is 18.2 Å². The average molecular weight is 598 g/mol. The highest BCUT2D eigenvalue weighted by Gasteiger charge is 2.41. The Bertz CT molecular complexity index is 1480. The first-order valence-corrected chi connectivity index (χ1v) is 15.0. The van der Waals surface area contributed by atoms with Gasteiger partial charge in [0, 0.05) is 11.7 Å². The van der Waals surface area contributed by atoms with E-state index in [2.05, 4.69) is 19.8 Å². The predicted octanol–water partition coefficient (Wildman–Crippen LogP) is 6.59. The van der Waals surface area contributed by atoms with Crippen LogP contribution in [-0.2, 0) is 26.2 Å². The van der Waals surface area contributed by atoms with E-state index in [-0.39, 0.29) is 21.9 Å². The van der Waals surface area contributed by atoms with Crippen LogP contribution in [0, 0.1) is 13.8 Å². The van der Waals surface area contributed by atoms with E-state index in [9.17, 15) is 26.4 Å². The Morgan fingerprint density at radius 1 is 1.10 bits per heavy atom. The lowest BCUT2D eigenvalue weighted by Gasteiger charge is -2.22. The summed E-state index contributed by atoms with van der Waals surface area (Å²) in [7, 11) is -2.84. The second kappa shape index (κ2) is 12.0. The molecule has 0 spiro atoms. The average Bonchev–Trinajstić information content (AvgIpc) is 3.27. The number of hydrogen-bond acceptors (Lipinski definition) is 8. The van der Waals surface area contributed by atoms with Crippen molar-refractivity contribution < 1.29 is 35.9 Å². The first-order chi connectivity index (χ1) is 18.9. The van der Waals surface area contributed by atoms with Gasteiger partial charge in [0.1, 0.15) is 17.3 Å². The first kappa shape index (κ1) is 29.7. The summed E-state index contributed by atoms with van der Waals surface area (Å²) in [6.45, 7) is 2.81. The fourth-order valence-electron chi connectivity index (χ4n) is 4.50. The Balaban J connectivity index is 1.58. The molecule has 0 atom stereocenters. The minimum atomic E-state index is -5.13. The van der Waals surface area contributed by atoms with Gasteiger partial charge in [0.25, 0.3) is 10.0 Å². The molecule has 0 bridgehead atoms. The van der Waals surface area contributed by atoms with Crippen molar-refractivity contribution in [3.63, 3.8) is 0 Å². The fraction of sp³-hybridized carbons (Fsp3) is 0.407. The molecular weight excluding hydrogens is 567 g/mol. The lowest BCUT2D eigenvalue weighted by atomic mass is 9.96. The van der Waals surface area contributed by atoms with Crippen molar-refractivity contribution >= 4 is 38.1 Å². The third kappa shape index (κ3) is 7.05. The second-order valence-electron chi connectivity index (χ2n) is 9.60. The number of esters is 1. The molecule has 3 aromatic rings. The maximum atomic E-state index is 13.5. The summed E-state index contributed by atoms with van der Waals surface area (Å²) in [4.78, 5) is 16.5. The standard InChI is InChI=1S/C27H30F3N3O5S2/c1-16-9-11-21(13-19(16)15-38-25(34)27(28,29)30)33-40(35,36)23-14-18(10-12-22(23)37-3)24-17(2)31-26(39-24)32-20-7-5-4-6-8-20/h9-14,20,33H,4-8,15H2,1-3H3,(H,31,32). The zero-order chi connectivity index (χ0) is 29.1. The van der Waals surface area contributed by atoms with E-state index in [1.807, 2.05) is 6.92 Å². The number of sulfonamides is 1. The van der Waals surface area contributed by atoms with Crippen molar-refractivity contribution in [1.29, 1.82) is 0 Å². The van der Waals surface area contributed by atoms with E-state index < -0.39 is 28.8 Å². The molecule has 0 amide bonds. The van der Waals surface area contributed by atoms with Gasteiger partial charge in [-0.2, -0.15) is 13.2 Å². The van der Waals surface area contributed by atoms with Crippen LogP contribution >= 0.6 is 11.3 Å². The largest absolute Gasteiger partial charge is 0.495 e. The molecule has 40 heavy (non-hydrogen) atoms. The summed E-state index contributed by atoms with van der Waals surface area (Å²) in [6, 6.07) is 9.52. The smallest absolute Gasteiger partial charge is 0.490 e. The predicted molar refractivity (Wildman–Crippen MR) is 147 cm³/mol. The number of carbonyl (C=O) groups is 1. The molecular formula is C27H30F3N3O5S2. The van der Waals surface area contributed by atoms with Gasteiger partial charge in [0.15, 0.2) is 5.13 Å². The molecule has 1 fully saturated rings. The van der Waals surface area contributed by atoms with Gasteiger partial charge < -0.3 is 14.8 Å². The summed E-state index contributed by atoms with van der Waals surface area (Å²) in [6.07, 6.45) is 0.669. The highest BCUT2D eigenvalue weighted by atomic mass is 32.2. The van der Waals surface area contributed by atoms with Gasteiger partial charge in [0.05, 0.1) is 17.7 Å². The van der Waals surface area contributed by atoms with Crippen LogP contribution in [0.2, 0.25) is 0 Å². The van der Waals surface area contributed by atoms with E-state index in [0.29, 0.717) is 17.2 Å². The normalized spacial score (nSPS) is 14.6. The van der Waals surface area contributed by atoms with E-state index in [4.69, 9.17) is 4.74 Å². The number of aromatic nitrogens is 1. The van der Waals surface area contributed by atoms with Crippen LogP contribution < -0.4 is 14.8 Å². The molecule has 216 valence electrons. The number of rotatable bonds is 9. The van der Waals surface area contributed by atoms with Gasteiger partial charge in [-0.05, 0) is 73.7 Å². The van der Waals surface area contributed by atoms with E-state index >= 15 is 0 Å². The summed E-state index contributed by atoms with van der Waals surface area (Å²) in [5.41, 5.74) is 2.24. The number of anilines is 2. The maximum Gasteiger partial charge on any atom is 0.490 e. The zero-order valence-corrected chi connectivity index (χ0v) is 23.9.